The fourth-order valence-corrected chi connectivity index (χ4v) is 1.77. The SMILES string of the molecule is CCCc1nc(C(=O)Nc2ccccc2OCC)n[nH]1. The number of carbonyl (C=O) groups is 1. The second-order valence-corrected chi connectivity index (χ2v) is 4.24. The molecule has 1 aromatic heterocycles. The third-order valence-electron chi connectivity index (χ3n) is 2.66. The number of aromatic nitrogens is 3. The number of amides is 1. The fourth-order valence-electron chi connectivity index (χ4n) is 1.77. The summed E-state index contributed by atoms with van der Waals surface area (Å²) in [5.41, 5.74) is 0.612. The van der Waals surface area contributed by atoms with Gasteiger partial charge in [-0.05, 0) is 25.5 Å². The van der Waals surface area contributed by atoms with Crippen LogP contribution in [0.4, 0.5) is 5.69 Å². The zero-order chi connectivity index (χ0) is 14.4. The number of hydrogen-bond acceptors (Lipinski definition) is 4. The van der Waals surface area contributed by atoms with E-state index in [-0.39, 0.29) is 11.7 Å². The van der Waals surface area contributed by atoms with Gasteiger partial charge in [-0.3, -0.25) is 9.89 Å². The summed E-state index contributed by atoms with van der Waals surface area (Å²) in [4.78, 5) is 16.2. The monoisotopic (exact) mass is 274 g/mol. The lowest BCUT2D eigenvalue weighted by molar-refractivity contribution is 0.101. The van der Waals surface area contributed by atoms with Crippen molar-refractivity contribution >= 4 is 11.6 Å². The zero-order valence-electron chi connectivity index (χ0n) is 11.6. The van der Waals surface area contributed by atoms with E-state index in [1.54, 1.807) is 12.1 Å². The van der Waals surface area contributed by atoms with Crippen molar-refractivity contribution in [2.75, 3.05) is 11.9 Å². The summed E-state index contributed by atoms with van der Waals surface area (Å²) in [5, 5.41) is 9.44. The molecule has 0 radical (unpaired) electrons. The summed E-state index contributed by atoms with van der Waals surface area (Å²) in [6.45, 7) is 4.47. The van der Waals surface area contributed by atoms with Gasteiger partial charge in [0, 0.05) is 6.42 Å². The maximum absolute atomic E-state index is 12.1. The highest BCUT2D eigenvalue weighted by Crippen LogP contribution is 2.23. The quantitative estimate of drug-likeness (QED) is 0.847. The number of anilines is 1. The molecule has 0 atom stereocenters. The number of benzene rings is 1. The van der Waals surface area contributed by atoms with E-state index in [2.05, 4.69) is 20.5 Å². The molecule has 2 rings (SSSR count). The minimum Gasteiger partial charge on any atom is -0.492 e. The van der Waals surface area contributed by atoms with Gasteiger partial charge in [-0.15, -0.1) is 5.10 Å². The van der Waals surface area contributed by atoms with Crippen molar-refractivity contribution in [3.8, 4) is 5.75 Å². The van der Waals surface area contributed by atoms with E-state index in [0.29, 0.717) is 18.0 Å². The van der Waals surface area contributed by atoms with Gasteiger partial charge in [-0.25, -0.2) is 4.98 Å². The normalized spacial score (nSPS) is 10.3. The van der Waals surface area contributed by atoms with Gasteiger partial charge in [0.2, 0.25) is 5.82 Å². The van der Waals surface area contributed by atoms with Crippen LogP contribution in [0.5, 0.6) is 5.75 Å². The number of H-pyrrole nitrogens is 1. The van der Waals surface area contributed by atoms with E-state index in [0.717, 1.165) is 18.7 Å². The Morgan fingerprint density at radius 2 is 2.15 bits per heavy atom. The molecular weight excluding hydrogens is 256 g/mol. The van der Waals surface area contributed by atoms with Crippen LogP contribution in [0.25, 0.3) is 0 Å². The molecule has 0 saturated heterocycles. The van der Waals surface area contributed by atoms with Crippen molar-refractivity contribution in [3.05, 3.63) is 35.9 Å². The van der Waals surface area contributed by atoms with E-state index in [1.165, 1.54) is 0 Å². The highest BCUT2D eigenvalue weighted by Gasteiger charge is 2.14. The van der Waals surface area contributed by atoms with Crippen LogP contribution in [0.15, 0.2) is 24.3 Å². The number of nitrogens with zero attached hydrogens (tertiary/aromatic N) is 2. The second-order valence-electron chi connectivity index (χ2n) is 4.24. The second kappa shape index (κ2) is 6.70. The minimum atomic E-state index is -0.351. The first-order chi connectivity index (χ1) is 9.74. The molecule has 0 spiro atoms. The molecule has 20 heavy (non-hydrogen) atoms. The van der Waals surface area contributed by atoms with E-state index >= 15 is 0 Å². The van der Waals surface area contributed by atoms with Crippen molar-refractivity contribution < 1.29 is 9.53 Å². The number of nitrogens with one attached hydrogen (secondary N) is 2. The van der Waals surface area contributed by atoms with Crippen LogP contribution >= 0.6 is 0 Å². The van der Waals surface area contributed by atoms with Crippen LogP contribution in [-0.2, 0) is 6.42 Å². The Morgan fingerprint density at radius 3 is 2.90 bits per heavy atom. The molecule has 0 fully saturated rings. The minimum absolute atomic E-state index is 0.139. The van der Waals surface area contributed by atoms with Gasteiger partial charge in [0.05, 0.1) is 12.3 Å². The first-order valence-electron chi connectivity index (χ1n) is 6.69. The highest BCUT2D eigenvalue weighted by atomic mass is 16.5. The molecule has 1 aromatic carbocycles. The summed E-state index contributed by atoms with van der Waals surface area (Å²) in [5.74, 6) is 1.14. The Kier molecular flexibility index (Phi) is 4.70. The molecule has 6 heteroatoms. The maximum atomic E-state index is 12.1. The number of para-hydroxylation sites is 2. The fraction of sp³-hybridized carbons (Fsp3) is 0.357. The van der Waals surface area contributed by atoms with Crippen LogP contribution in [0.2, 0.25) is 0 Å². The van der Waals surface area contributed by atoms with E-state index in [1.807, 2.05) is 26.0 Å². The topological polar surface area (TPSA) is 79.9 Å². The predicted molar refractivity (Wildman–Crippen MR) is 75.9 cm³/mol. The van der Waals surface area contributed by atoms with Gasteiger partial charge in [0.1, 0.15) is 11.6 Å². The van der Waals surface area contributed by atoms with Gasteiger partial charge >= 0.3 is 0 Å². The molecule has 0 unspecified atom stereocenters. The highest BCUT2D eigenvalue weighted by molar-refractivity contribution is 6.02. The molecule has 1 heterocycles. The average Bonchev–Trinajstić information content (AvgIpc) is 2.90. The van der Waals surface area contributed by atoms with Gasteiger partial charge in [0.15, 0.2) is 0 Å². The zero-order valence-corrected chi connectivity index (χ0v) is 11.6. The third-order valence-corrected chi connectivity index (χ3v) is 2.66. The van der Waals surface area contributed by atoms with Gasteiger partial charge in [-0.1, -0.05) is 19.1 Å². The molecule has 0 bridgehead atoms. The number of hydrogen-bond donors (Lipinski definition) is 2. The molecule has 1 amide bonds. The molecule has 0 aliphatic rings. The van der Waals surface area contributed by atoms with Crippen molar-refractivity contribution in [3.63, 3.8) is 0 Å². The number of ether oxygens (including phenoxy) is 1. The largest absolute Gasteiger partial charge is 0.492 e. The average molecular weight is 274 g/mol. The lowest BCUT2D eigenvalue weighted by Gasteiger charge is -2.09. The summed E-state index contributed by atoms with van der Waals surface area (Å²) < 4.78 is 5.45. The molecule has 0 saturated carbocycles. The number of aromatic amines is 1. The Balaban J connectivity index is 2.10. The molecule has 2 N–H and O–H groups in total. The van der Waals surface area contributed by atoms with Crippen molar-refractivity contribution in [2.45, 2.75) is 26.7 Å². The lowest BCUT2D eigenvalue weighted by atomic mass is 10.3. The van der Waals surface area contributed by atoms with E-state index < -0.39 is 0 Å². The van der Waals surface area contributed by atoms with Gasteiger partial charge < -0.3 is 10.1 Å². The summed E-state index contributed by atoms with van der Waals surface area (Å²) >= 11 is 0. The summed E-state index contributed by atoms with van der Waals surface area (Å²) in [7, 11) is 0. The Hall–Kier alpha value is -2.37. The molecule has 0 aliphatic carbocycles. The van der Waals surface area contributed by atoms with Crippen molar-refractivity contribution in [1.82, 2.24) is 15.2 Å². The third kappa shape index (κ3) is 3.34. The molecule has 2 aromatic rings. The Labute approximate surface area is 117 Å². The van der Waals surface area contributed by atoms with Gasteiger partial charge in [-0.2, -0.15) is 0 Å². The number of aryl methyl sites for hydroxylation is 1. The van der Waals surface area contributed by atoms with Crippen molar-refractivity contribution in [1.29, 1.82) is 0 Å². The standard InChI is InChI=1S/C14H18N4O2/c1-3-7-12-16-13(18-17-12)14(19)15-10-8-5-6-9-11(10)20-4-2/h5-6,8-9H,3-4,7H2,1-2H3,(H,15,19)(H,16,17,18). The first-order valence-corrected chi connectivity index (χ1v) is 6.69. The van der Waals surface area contributed by atoms with Crippen LogP contribution in [0.1, 0.15) is 36.7 Å². The summed E-state index contributed by atoms with van der Waals surface area (Å²) in [6, 6.07) is 7.27. The van der Waals surface area contributed by atoms with Crippen LogP contribution in [-0.4, -0.2) is 27.7 Å². The smallest absolute Gasteiger partial charge is 0.295 e. The van der Waals surface area contributed by atoms with Crippen LogP contribution in [0.3, 0.4) is 0 Å². The van der Waals surface area contributed by atoms with Gasteiger partial charge in [0.25, 0.3) is 5.91 Å². The van der Waals surface area contributed by atoms with E-state index in [9.17, 15) is 4.79 Å². The first kappa shape index (κ1) is 14.0. The maximum Gasteiger partial charge on any atom is 0.295 e. The Morgan fingerprint density at radius 1 is 1.35 bits per heavy atom. The van der Waals surface area contributed by atoms with E-state index in [4.69, 9.17) is 4.74 Å². The summed E-state index contributed by atoms with van der Waals surface area (Å²) in [6.07, 6.45) is 1.72. The lowest BCUT2D eigenvalue weighted by Crippen LogP contribution is -2.14. The molecule has 0 aliphatic heterocycles. The number of rotatable bonds is 6. The Bertz CT molecular complexity index is 580. The molecule has 106 valence electrons. The van der Waals surface area contributed by atoms with Crippen LogP contribution in [0, 0.1) is 0 Å². The molecule has 6 nitrogen and oxygen atoms in total. The number of carbonyl (C=O) groups excluding carboxylic acids is 1. The molecular formula is C14H18N4O2. The van der Waals surface area contributed by atoms with Crippen LogP contribution < -0.4 is 10.1 Å². The predicted octanol–water partition coefficient (Wildman–Crippen LogP) is 2.41. The van der Waals surface area contributed by atoms with Crippen molar-refractivity contribution in [2.24, 2.45) is 0 Å².